The number of benzene rings is 1. The zero-order valence-electron chi connectivity index (χ0n) is 14.5. The molecule has 122 valence electrons. The van der Waals surface area contributed by atoms with E-state index in [1.165, 1.54) is 0 Å². The number of hydrogen-bond donors (Lipinski definition) is 1. The van der Waals surface area contributed by atoms with Gasteiger partial charge in [-0.25, -0.2) is 9.59 Å². The molecule has 0 heterocycles. The summed E-state index contributed by atoms with van der Waals surface area (Å²) in [6.07, 6.45) is 0.744. The number of aromatic carboxylic acids is 1. The van der Waals surface area contributed by atoms with E-state index < -0.39 is 17.5 Å². The first-order valence-corrected chi connectivity index (χ1v) is 7.41. The van der Waals surface area contributed by atoms with Crippen LogP contribution in [0.3, 0.4) is 0 Å². The number of rotatable bonds is 3. The van der Waals surface area contributed by atoms with E-state index in [-0.39, 0.29) is 16.5 Å². The second kappa shape index (κ2) is 6.11. The van der Waals surface area contributed by atoms with E-state index in [0.29, 0.717) is 5.56 Å². The molecule has 0 saturated carbocycles. The fraction of sp³-hybridized carbons (Fsp3) is 0.556. The summed E-state index contributed by atoms with van der Waals surface area (Å²) in [4.78, 5) is 23.9. The van der Waals surface area contributed by atoms with Crippen LogP contribution in [0.5, 0.6) is 0 Å². The fourth-order valence-corrected chi connectivity index (χ4v) is 2.30. The van der Waals surface area contributed by atoms with Crippen molar-refractivity contribution < 1.29 is 19.4 Å². The number of carbonyl (C=O) groups is 2. The van der Waals surface area contributed by atoms with Crippen LogP contribution in [0.1, 0.15) is 73.4 Å². The number of hydrogen-bond acceptors (Lipinski definition) is 3. The van der Waals surface area contributed by atoms with Gasteiger partial charge >= 0.3 is 11.9 Å². The third kappa shape index (κ3) is 4.86. The first-order chi connectivity index (χ1) is 9.82. The Labute approximate surface area is 132 Å². The summed E-state index contributed by atoms with van der Waals surface area (Å²) in [6.45, 7) is 13.3. The molecule has 0 spiro atoms. The predicted octanol–water partition coefficient (Wildman–Crippen LogP) is 4.24. The second-order valence-corrected chi connectivity index (χ2v) is 7.82. The molecule has 1 aromatic rings. The van der Waals surface area contributed by atoms with Crippen LogP contribution in [0.25, 0.3) is 0 Å². The van der Waals surface area contributed by atoms with Crippen molar-refractivity contribution in [1.82, 2.24) is 0 Å². The lowest BCUT2D eigenvalue weighted by atomic mass is 9.84. The highest BCUT2D eigenvalue weighted by Crippen LogP contribution is 2.27. The summed E-state index contributed by atoms with van der Waals surface area (Å²) in [7, 11) is 0. The Morgan fingerprint density at radius 3 is 2.05 bits per heavy atom. The van der Waals surface area contributed by atoms with Crippen molar-refractivity contribution in [1.29, 1.82) is 0 Å². The van der Waals surface area contributed by atoms with E-state index in [1.54, 1.807) is 33.8 Å². The average Bonchev–Trinajstić information content (AvgIpc) is 2.26. The van der Waals surface area contributed by atoms with E-state index in [0.717, 1.165) is 12.0 Å². The lowest BCUT2D eigenvalue weighted by Crippen LogP contribution is -2.25. The van der Waals surface area contributed by atoms with E-state index in [4.69, 9.17) is 4.74 Å². The van der Waals surface area contributed by atoms with Crippen LogP contribution in [0.15, 0.2) is 12.1 Å². The van der Waals surface area contributed by atoms with Crippen molar-refractivity contribution in [3.8, 4) is 0 Å². The van der Waals surface area contributed by atoms with Crippen LogP contribution < -0.4 is 0 Å². The molecule has 0 bridgehead atoms. The van der Waals surface area contributed by atoms with E-state index >= 15 is 0 Å². The summed E-state index contributed by atoms with van der Waals surface area (Å²) in [5.74, 6) is -1.70. The second-order valence-electron chi connectivity index (χ2n) is 7.82. The summed E-state index contributed by atoms with van der Waals surface area (Å²) in [5, 5.41) is 9.51. The van der Waals surface area contributed by atoms with Crippen LogP contribution in [-0.2, 0) is 11.2 Å². The van der Waals surface area contributed by atoms with Crippen molar-refractivity contribution >= 4 is 11.9 Å². The molecule has 0 saturated heterocycles. The SMILES string of the molecule is Cc1c(CC(C)(C)C)ccc(C(=O)OC(C)(C)C)c1C(=O)O. The lowest BCUT2D eigenvalue weighted by molar-refractivity contribution is 0.00657. The molecule has 4 heteroatoms. The Balaban J connectivity index is 3.34. The fourth-order valence-electron chi connectivity index (χ4n) is 2.30. The highest BCUT2D eigenvalue weighted by Gasteiger charge is 2.26. The lowest BCUT2D eigenvalue weighted by Gasteiger charge is -2.23. The molecular weight excluding hydrogens is 280 g/mol. The quantitative estimate of drug-likeness (QED) is 0.848. The van der Waals surface area contributed by atoms with Gasteiger partial charge in [0.25, 0.3) is 0 Å². The van der Waals surface area contributed by atoms with E-state index in [2.05, 4.69) is 20.8 Å². The average molecular weight is 306 g/mol. The van der Waals surface area contributed by atoms with Gasteiger partial charge in [0.2, 0.25) is 0 Å². The third-order valence-corrected chi connectivity index (χ3v) is 3.13. The standard InChI is InChI=1S/C18H26O4/c1-11-12(10-17(2,3)4)8-9-13(14(11)15(19)20)16(21)22-18(5,6)7/h8-9H,10H2,1-7H3,(H,19,20). The molecule has 0 aromatic heterocycles. The summed E-state index contributed by atoms with van der Waals surface area (Å²) < 4.78 is 5.31. The van der Waals surface area contributed by atoms with Crippen molar-refractivity contribution in [2.75, 3.05) is 0 Å². The molecule has 0 amide bonds. The number of carboxylic acid groups (broad SMARTS) is 1. The maximum atomic E-state index is 12.2. The summed E-state index contributed by atoms with van der Waals surface area (Å²) in [5.41, 5.74) is 1.09. The molecule has 1 aromatic carbocycles. The largest absolute Gasteiger partial charge is 0.478 e. The first kappa shape index (κ1) is 18.2. The molecule has 0 aliphatic carbocycles. The molecule has 0 radical (unpaired) electrons. The summed E-state index contributed by atoms with van der Waals surface area (Å²) >= 11 is 0. The molecule has 0 unspecified atom stereocenters. The zero-order chi connectivity index (χ0) is 17.3. The van der Waals surface area contributed by atoms with Crippen LogP contribution >= 0.6 is 0 Å². The molecule has 0 atom stereocenters. The normalized spacial score (nSPS) is 12.1. The van der Waals surface area contributed by atoms with Crippen LogP contribution in [-0.4, -0.2) is 22.6 Å². The minimum absolute atomic E-state index is 0.0357. The van der Waals surface area contributed by atoms with E-state index in [1.807, 2.05) is 6.07 Å². The molecule has 0 fully saturated rings. The first-order valence-electron chi connectivity index (χ1n) is 7.41. The number of carboxylic acids is 1. The van der Waals surface area contributed by atoms with Gasteiger partial charge < -0.3 is 9.84 Å². The van der Waals surface area contributed by atoms with Gasteiger partial charge in [-0.1, -0.05) is 26.8 Å². The maximum Gasteiger partial charge on any atom is 0.339 e. The monoisotopic (exact) mass is 306 g/mol. The molecule has 0 aliphatic rings. The van der Waals surface area contributed by atoms with Crippen molar-refractivity contribution in [3.63, 3.8) is 0 Å². The smallest absolute Gasteiger partial charge is 0.339 e. The Hall–Kier alpha value is -1.84. The third-order valence-electron chi connectivity index (χ3n) is 3.13. The Morgan fingerprint density at radius 1 is 1.09 bits per heavy atom. The minimum atomic E-state index is -1.10. The van der Waals surface area contributed by atoms with Gasteiger partial charge in [-0.05, 0) is 56.7 Å². The van der Waals surface area contributed by atoms with Crippen molar-refractivity contribution in [3.05, 3.63) is 34.4 Å². The molecule has 0 aliphatic heterocycles. The van der Waals surface area contributed by atoms with E-state index in [9.17, 15) is 14.7 Å². The maximum absolute atomic E-state index is 12.2. The number of carbonyl (C=O) groups excluding carboxylic acids is 1. The van der Waals surface area contributed by atoms with Crippen LogP contribution in [0.2, 0.25) is 0 Å². The molecule has 22 heavy (non-hydrogen) atoms. The molecular formula is C18H26O4. The van der Waals surface area contributed by atoms with Gasteiger partial charge in [-0.15, -0.1) is 0 Å². The summed E-state index contributed by atoms with van der Waals surface area (Å²) in [6, 6.07) is 3.39. The minimum Gasteiger partial charge on any atom is -0.478 e. The van der Waals surface area contributed by atoms with Crippen LogP contribution in [0.4, 0.5) is 0 Å². The predicted molar refractivity (Wildman–Crippen MR) is 86.5 cm³/mol. The molecule has 1 rings (SSSR count). The van der Waals surface area contributed by atoms with Crippen molar-refractivity contribution in [2.24, 2.45) is 5.41 Å². The van der Waals surface area contributed by atoms with Gasteiger partial charge in [0, 0.05) is 0 Å². The van der Waals surface area contributed by atoms with Gasteiger partial charge in [-0.2, -0.15) is 0 Å². The Kier molecular flexibility index (Phi) is 5.06. The Morgan fingerprint density at radius 2 is 1.64 bits per heavy atom. The van der Waals surface area contributed by atoms with Gasteiger partial charge in [-0.3, -0.25) is 0 Å². The van der Waals surface area contributed by atoms with Gasteiger partial charge in [0.1, 0.15) is 5.60 Å². The zero-order valence-corrected chi connectivity index (χ0v) is 14.5. The highest BCUT2D eigenvalue weighted by molar-refractivity contribution is 6.03. The van der Waals surface area contributed by atoms with Crippen LogP contribution in [0, 0.1) is 12.3 Å². The Bertz CT molecular complexity index is 586. The van der Waals surface area contributed by atoms with Gasteiger partial charge in [0.05, 0.1) is 11.1 Å². The molecule has 4 nitrogen and oxygen atoms in total. The number of ether oxygens (including phenoxy) is 1. The van der Waals surface area contributed by atoms with Gasteiger partial charge in [0.15, 0.2) is 0 Å². The molecule has 1 N–H and O–H groups in total. The van der Waals surface area contributed by atoms with Crippen molar-refractivity contribution in [2.45, 2.75) is 60.5 Å². The number of esters is 1. The topological polar surface area (TPSA) is 63.6 Å². The highest BCUT2D eigenvalue weighted by atomic mass is 16.6.